The van der Waals surface area contributed by atoms with Crippen LogP contribution in [0.3, 0.4) is 0 Å². The molecule has 0 spiro atoms. The second-order valence-corrected chi connectivity index (χ2v) is 3.86. The monoisotopic (exact) mass is 223 g/mol. The van der Waals surface area contributed by atoms with Gasteiger partial charge in [0.25, 0.3) is 5.91 Å². The molecule has 2 atom stereocenters. The van der Waals surface area contributed by atoms with Crippen molar-refractivity contribution in [3.63, 3.8) is 0 Å². The Morgan fingerprint density at radius 3 is 2.50 bits per heavy atom. The molecule has 88 valence electrons. The van der Waals surface area contributed by atoms with Crippen LogP contribution < -0.4 is 10.5 Å². The van der Waals surface area contributed by atoms with Gasteiger partial charge in [-0.05, 0) is 44.0 Å². The Bertz CT molecular complexity index is 388. The molecule has 4 nitrogen and oxygen atoms in total. The van der Waals surface area contributed by atoms with Crippen molar-refractivity contribution in [2.24, 2.45) is 5.73 Å². The van der Waals surface area contributed by atoms with Crippen molar-refractivity contribution >= 4 is 5.91 Å². The van der Waals surface area contributed by atoms with Gasteiger partial charge < -0.3 is 15.6 Å². The minimum atomic E-state index is -0.656. The summed E-state index contributed by atoms with van der Waals surface area (Å²) < 4.78 is 5.39. The molecule has 0 radical (unpaired) electrons. The topological polar surface area (TPSA) is 72.6 Å². The van der Waals surface area contributed by atoms with Gasteiger partial charge in [-0.2, -0.15) is 0 Å². The van der Waals surface area contributed by atoms with E-state index >= 15 is 0 Å². The van der Waals surface area contributed by atoms with Crippen LogP contribution in [0.15, 0.2) is 18.2 Å². The molecule has 1 rings (SSSR count). The van der Waals surface area contributed by atoms with Gasteiger partial charge in [0.1, 0.15) is 5.75 Å². The van der Waals surface area contributed by atoms with Crippen molar-refractivity contribution in [2.45, 2.75) is 33.0 Å². The Morgan fingerprint density at radius 1 is 1.44 bits per heavy atom. The molecule has 0 aliphatic carbocycles. The zero-order valence-electron chi connectivity index (χ0n) is 9.73. The SMILES string of the molecule is Cc1cc([C@@H](C)O)ccc1OC(C)C(N)=O. The maximum absolute atomic E-state index is 10.8. The van der Waals surface area contributed by atoms with E-state index in [2.05, 4.69) is 0 Å². The minimum Gasteiger partial charge on any atom is -0.481 e. The normalized spacial score (nSPS) is 14.2. The van der Waals surface area contributed by atoms with E-state index in [0.717, 1.165) is 11.1 Å². The number of aliphatic hydroxyl groups is 1. The van der Waals surface area contributed by atoms with Gasteiger partial charge in [0.15, 0.2) is 6.10 Å². The summed E-state index contributed by atoms with van der Waals surface area (Å²) in [7, 11) is 0. The Morgan fingerprint density at radius 2 is 2.06 bits per heavy atom. The fourth-order valence-electron chi connectivity index (χ4n) is 1.31. The Hall–Kier alpha value is -1.55. The van der Waals surface area contributed by atoms with Crippen LogP contribution >= 0.6 is 0 Å². The highest BCUT2D eigenvalue weighted by atomic mass is 16.5. The van der Waals surface area contributed by atoms with Crippen molar-refractivity contribution in [2.75, 3.05) is 0 Å². The predicted molar refractivity (Wildman–Crippen MR) is 61.1 cm³/mol. The number of aryl methyl sites for hydroxylation is 1. The first kappa shape index (κ1) is 12.5. The van der Waals surface area contributed by atoms with Crippen LogP contribution in [0, 0.1) is 6.92 Å². The molecule has 1 aromatic rings. The van der Waals surface area contributed by atoms with Crippen LogP contribution in [-0.2, 0) is 4.79 Å². The molecular weight excluding hydrogens is 206 g/mol. The summed E-state index contributed by atoms with van der Waals surface area (Å²) in [4.78, 5) is 10.8. The summed E-state index contributed by atoms with van der Waals surface area (Å²) in [6, 6.07) is 5.32. The number of carbonyl (C=O) groups is 1. The minimum absolute atomic E-state index is 0.501. The van der Waals surface area contributed by atoms with E-state index in [4.69, 9.17) is 10.5 Å². The first-order valence-corrected chi connectivity index (χ1v) is 5.16. The summed E-state index contributed by atoms with van der Waals surface area (Å²) in [5.74, 6) is 0.106. The highest BCUT2D eigenvalue weighted by Crippen LogP contribution is 2.23. The average molecular weight is 223 g/mol. The number of aliphatic hydroxyl groups excluding tert-OH is 1. The van der Waals surface area contributed by atoms with Crippen molar-refractivity contribution < 1.29 is 14.6 Å². The van der Waals surface area contributed by atoms with E-state index in [-0.39, 0.29) is 0 Å². The fraction of sp³-hybridized carbons (Fsp3) is 0.417. The Kier molecular flexibility index (Phi) is 3.90. The summed E-state index contributed by atoms with van der Waals surface area (Å²) in [6.45, 7) is 5.15. The number of hydrogen-bond acceptors (Lipinski definition) is 3. The molecule has 0 saturated carbocycles. The molecule has 1 aromatic carbocycles. The van der Waals surface area contributed by atoms with Crippen LogP contribution in [0.5, 0.6) is 5.75 Å². The summed E-state index contributed by atoms with van der Waals surface area (Å²) in [5, 5.41) is 9.39. The Balaban J connectivity index is 2.87. The number of hydrogen-bond donors (Lipinski definition) is 2. The van der Waals surface area contributed by atoms with Crippen LogP contribution in [0.25, 0.3) is 0 Å². The first-order valence-electron chi connectivity index (χ1n) is 5.16. The highest BCUT2D eigenvalue weighted by Gasteiger charge is 2.12. The predicted octanol–water partition coefficient (Wildman–Crippen LogP) is 1.30. The molecule has 0 saturated heterocycles. The largest absolute Gasteiger partial charge is 0.481 e. The van der Waals surface area contributed by atoms with Gasteiger partial charge in [-0.25, -0.2) is 0 Å². The lowest BCUT2D eigenvalue weighted by Gasteiger charge is -2.15. The van der Waals surface area contributed by atoms with E-state index in [1.807, 2.05) is 13.0 Å². The van der Waals surface area contributed by atoms with Crippen molar-refractivity contribution in [1.29, 1.82) is 0 Å². The lowest BCUT2D eigenvalue weighted by molar-refractivity contribution is -0.123. The van der Waals surface area contributed by atoms with Crippen LogP contribution in [0.2, 0.25) is 0 Å². The quantitative estimate of drug-likeness (QED) is 0.808. The van der Waals surface area contributed by atoms with Gasteiger partial charge in [-0.15, -0.1) is 0 Å². The van der Waals surface area contributed by atoms with E-state index in [1.165, 1.54) is 0 Å². The summed E-state index contributed by atoms with van der Waals surface area (Å²) >= 11 is 0. The van der Waals surface area contributed by atoms with Crippen molar-refractivity contribution in [3.05, 3.63) is 29.3 Å². The van der Waals surface area contributed by atoms with Crippen molar-refractivity contribution in [1.82, 2.24) is 0 Å². The second-order valence-electron chi connectivity index (χ2n) is 3.86. The van der Waals surface area contributed by atoms with E-state index in [0.29, 0.717) is 5.75 Å². The van der Waals surface area contributed by atoms with Crippen LogP contribution in [0.4, 0.5) is 0 Å². The lowest BCUT2D eigenvalue weighted by atomic mass is 10.1. The van der Waals surface area contributed by atoms with Gasteiger partial charge in [0, 0.05) is 0 Å². The third-order valence-electron chi connectivity index (χ3n) is 2.39. The average Bonchev–Trinajstić information content (AvgIpc) is 2.20. The maximum atomic E-state index is 10.8. The van der Waals surface area contributed by atoms with Crippen molar-refractivity contribution in [3.8, 4) is 5.75 Å². The summed E-state index contributed by atoms with van der Waals surface area (Å²) in [5.41, 5.74) is 6.79. The van der Waals surface area contributed by atoms with Crippen LogP contribution in [0.1, 0.15) is 31.1 Å². The molecule has 1 amide bonds. The zero-order chi connectivity index (χ0) is 12.3. The lowest BCUT2D eigenvalue weighted by Crippen LogP contribution is -2.30. The molecule has 0 fully saturated rings. The first-order chi connectivity index (χ1) is 7.41. The van der Waals surface area contributed by atoms with Gasteiger partial charge in [0.05, 0.1) is 6.10 Å². The third-order valence-corrected chi connectivity index (χ3v) is 2.39. The summed E-state index contributed by atoms with van der Waals surface area (Å²) in [6.07, 6.45) is -1.17. The standard InChI is InChI=1S/C12H17NO3/c1-7-6-10(8(2)14)4-5-11(7)16-9(3)12(13)15/h4-6,8-9,14H,1-3H3,(H2,13,15)/t8-,9?/m1/s1. The molecule has 4 heteroatoms. The van der Waals surface area contributed by atoms with Crippen LogP contribution in [-0.4, -0.2) is 17.1 Å². The number of primary amides is 1. The second kappa shape index (κ2) is 4.99. The zero-order valence-corrected chi connectivity index (χ0v) is 9.73. The van der Waals surface area contributed by atoms with Gasteiger partial charge in [-0.1, -0.05) is 6.07 Å². The van der Waals surface area contributed by atoms with E-state index in [1.54, 1.807) is 26.0 Å². The molecule has 0 heterocycles. The third kappa shape index (κ3) is 2.97. The number of ether oxygens (including phenoxy) is 1. The molecule has 16 heavy (non-hydrogen) atoms. The number of benzene rings is 1. The van der Waals surface area contributed by atoms with E-state index in [9.17, 15) is 9.90 Å². The number of amides is 1. The number of carbonyl (C=O) groups excluding carboxylic acids is 1. The molecule has 0 aromatic heterocycles. The highest BCUT2D eigenvalue weighted by molar-refractivity contribution is 5.78. The maximum Gasteiger partial charge on any atom is 0.258 e. The molecule has 0 aliphatic heterocycles. The molecule has 1 unspecified atom stereocenters. The number of rotatable bonds is 4. The Labute approximate surface area is 95.0 Å². The van der Waals surface area contributed by atoms with E-state index < -0.39 is 18.1 Å². The molecule has 0 bridgehead atoms. The van der Waals surface area contributed by atoms with Gasteiger partial charge in [-0.3, -0.25) is 4.79 Å². The fourth-order valence-corrected chi connectivity index (χ4v) is 1.31. The van der Waals surface area contributed by atoms with Gasteiger partial charge >= 0.3 is 0 Å². The number of nitrogens with two attached hydrogens (primary N) is 1. The molecular formula is C12H17NO3. The molecule has 0 aliphatic rings. The smallest absolute Gasteiger partial charge is 0.258 e. The molecule has 3 N–H and O–H groups in total. The van der Waals surface area contributed by atoms with Gasteiger partial charge in [0.2, 0.25) is 0 Å².